The highest BCUT2D eigenvalue weighted by Gasteiger charge is 2.23. The quantitative estimate of drug-likeness (QED) is 0.331. The number of aromatic nitrogens is 1. The number of nitrogens with two attached hydrogens (primary N) is 1. The van der Waals surface area contributed by atoms with Crippen molar-refractivity contribution in [2.45, 2.75) is 19.4 Å². The van der Waals surface area contributed by atoms with E-state index in [2.05, 4.69) is 11.6 Å². The third-order valence-electron chi connectivity index (χ3n) is 5.53. The lowest BCUT2D eigenvalue weighted by Crippen LogP contribution is -2.14. The number of primary amides is 1. The lowest BCUT2D eigenvalue weighted by atomic mass is 9.94. The van der Waals surface area contributed by atoms with Crippen LogP contribution in [0.5, 0.6) is 0 Å². The highest BCUT2D eigenvalue weighted by molar-refractivity contribution is 8.03. The normalized spacial score (nSPS) is 11.8. The van der Waals surface area contributed by atoms with Crippen LogP contribution in [0.25, 0.3) is 32.9 Å². The second-order valence-electron chi connectivity index (χ2n) is 8.16. The van der Waals surface area contributed by atoms with Gasteiger partial charge in [-0.05, 0) is 66.6 Å². The van der Waals surface area contributed by atoms with E-state index in [0.717, 1.165) is 11.1 Å². The predicted octanol–water partition coefficient (Wildman–Crippen LogP) is 5.68. The van der Waals surface area contributed by atoms with Crippen LogP contribution in [-0.4, -0.2) is 23.0 Å². The molecule has 0 saturated carbocycles. The summed E-state index contributed by atoms with van der Waals surface area (Å²) in [5.41, 5.74) is 8.39. The van der Waals surface area contributed by atoms with E-state index in [1.165, 1.54) is 18.0 Å². The first kappa shape index (κ1) is 21.9. The largest absolute Gasteiger partial charge is 0.386 e. The Kier molecular flexibility index (Phi) is 5.48. The molecular formula is C25H24FN3O2S. The summed E-state index contributed by atoms with van der Waals surface area (Å²) in [5.74, 6) is -1.25. The van der Waals surface area contributed by atoms with Crippen molar-refractivity contribution in [3.05, 3.63) is 77.5 Å². The lowest BCUT2D eigenvalue weighted by molar-refractivity contribution is 0.0787. The standard InChI is InChI=1S/C25H24FN3O2S/c1-5-32-29(4)16-8-6-7-14(11-16)21-19(26)13-18(24(27)30)23-22(21)17-10-9-15(25(2,3)31)12-20(17)28-23/h5-13,28,31H,1H2,2-4H3,(H2,27,30). The van der Waals surface area contributed by atoms with Crippen molar-refractivity contribution in [1.82, 2.24) is 4.98 Å². The van der Waals surface area contributed by atoms with Crippen LogP contribution in [0.4, 0.5) is 10.1 Å². The summed E-state index contributed by atoms with van der Waals surface area (Å²) < 4.78 is 17.4. The number of hydrogen-bond donors (Lipinski definition) is 3. The van der Waals surface area contributed by atoms with E-state index in [1.807, 2.05) is 47.8 Å². The molecule has 5 nitrogen and oxygen atoms in total. The molecule has 4 N–H and O–H groups in total. The molecule has 0 aliphatic heterocycles. The van der Waals surface area contributed by atoms with Crippen molar-refractivity contribution in [1.29, 1.82) is 0 Å². The lowest BCUT2D eigenvalue weighted by Gasteiger charge is -2.18. The highest BCUT2D eigenvalue weighted by atomic mass is 32.2. The number of carbonyl (C=O) groups is 1. The van der Waals surface area contributed by atoms with Crippen LogP contribution in [0.1, 0.15) is 29.8 Å². The van der Waals surface area contributed by atoms with Crippen LogP contribution in [0.2, 0.25) is 0 Å². The molecule has 1 amide bonds. The Balaban J connectivity index is 2.06. The van der Waals surface area contributed by atoms with Crippen LogP contribution in [0.15, 0.2) is 60.5 Å². The van der Waals surface area contributed by atoms with Gasteiger partial charge in [-0.3, -0.25) is 4.79 Å². The number of aromatic amines is 1. The maximum Gasteiger partial charge on any atom is 0.250 e. The van der Waals surface area contributed by atoms with Crippen molar-refractivity contribution >= 4 is 45.3 Å². The number of carbonyl (C=O) groups excluding carboxylic acids is 1. The predicted molar refractivity (Wildman–Crippen MR) is 131 cm³/mol. The second kappa shape index (κ2) is 8.00. The average Bonchev–Trinajstić information content (AvgIpc) is 3.11. The first-order valence-corrected chi connectivity index (χ1v) is 10.9. The Morgan fingerprint density at radius 3 is 2.66 bits per heavy atom. The summed E-state index contributed by atoms with van der Waals surface area (Å²) in [6, 6.07) is 14.1. The van der Waals surface area contributed by atoms with Gasteiger partial charge in [0, 0.05) is 34.6 Å². The summed E-state index contributed by atoms with van der Waals surface area (Å²) in [7, 11) is 1.90. The number of rotatable bonds is 6. The Morgan fingerprint density at radius 2 is 2.00 bits per heavy atom. The van der Waals surface area contributed by atoms with Gasteiger partial charge in [0.1, 0.15) is 5.82 Å². The molecule has 4 rings (SSSR count). The number of amides is 1. The first-order chi connectivity index (χ1) is 15.1. The number of H-pyrrole nitrogens is 1. The van der Waals surface area contributed by atoms with Gasteiger partial charge in [0.25, 0.3) is 5.91 Å². The number of fused-ring (bicyclic) bond motifs is 3. The maximum absolute atomic E-state index is 15.5. The van der Waals surface area contributed by atoms with Crippen LogP contribution in [0, 0.1) is 5.82 Å². The first-order valence-electron chi connectivity index (χ1n) is 10.0. The molecule has 0 bridgehead atoms. The summed E-state index contributed by atoms with van der Waals surface area (Å²) in [6.45, 7) is 7.12. The van der Waals surface area contributed by atoms with E-state index in [0.29, 0.717) is 33.1 Å². The number of nitrogens with one attached hydrogen (secondary N) is 1. The molecule has 0 saturated heterocycles. The van der Waals surface area contributed by atoms with Gasteiger partial charge in [-0.15, -0.1) is 0 Å². The summed E-state index contributed by atoms with van der Waals surface area (Å²) in [4.78, 5) is 15.3. The van der Waals surface area contributed by atoms with Crippen molar-refractivity contribution in [2.24, 2.45) is 5.73 Å². The van der Waals surface area contributed by atoms with Gasteiger partial charge in [0.2, 0.25) is 0 Å². The maximum atomic E-state index is 15.5. The van der Waals surface area contributed by atoms with Gasteiger partial charge in [-0.1, -0.05) is 30.8 Å². The van der Waals surface area contributed by atoms with Crippen molar-refractivity contribution in [3.63, 3.8) is 0 Å². The molecular weight excluding hydrogens is 425 g/mol. The van der Waals surface area contributed by atoms with E-state index in [9.17, 15) is 9.90 Å². The van der Waals surface area contributed by atoms with E-state index in [4.69, 9.17) is 5.73 Å². The number of anilines is 1. The van der Waals surface area contributed by atoms with Crippen LogP contribution in [-0.2, 0) is 5.60 Å². The fourth-order valence-electron chi connectivity index (χ4n) is 3.94. The Hall–Kier alpha value is -3.29. The molecule has 32 heavy (non-hydrogen) atoms. The smallest absolute Gasteiger partial charge is 0.250 e. The minimum absolute atomic E-state index is 0.0812. The molecule has 0 spiro atoms. The fraction of sp³-hybridized carbons (Fsp3) is 0.160. The highest BCUT2D eigenvalue weighted by Crippen LogP contribution is 2.40. The molecule has 1 aromatic heterocycles. The summed E-state index contributed by atoms with van der Waals surface area (Å²) >= 11 is 1.42. The zero-order valence-corrected chi connectivity index (χ0v) is 18.9. The minimum Gasteiger partial charge on any atom is -0.386 e. The minimum atomic E-state index is -1.05. The van der Waals surface area contributed by atoms with Crippen LogP contribution >= 0.6 is 11.9 Å². The Bertz CT molecular complexity index is 1370. The fourth-order valence-corrected chi connectivity index (χ4v) is 4.40. The molecule has 0 aliphatic carbocycles. The Labute approximate surface area is 189 Å². The van der Waals surface area contributed by atoms with Gasteiger partial charge in [-0.25, -0.2) is 4.39 Å². The van der Waals surface area contributed by atoms with E-state index >= 15 is 4.39 Å². The van der Waals surface area contributed by atoms with Crippen LogP contribution in [0.3, 0.4) is 0 Å². The molecule has 3 aromatic carbocycles. The van der Waals surface area contributed by atoms with E-state index in [1.54, 1.807) is 25.3 Å². The molecule has 1 heterocycles. The van der Waals surface area contributed by atoms with Gasteiger partial charge in [-0.2, -0.15) is 0 Å². The molecule has 0 fully saturated rings. The van der Waals surface area contributed by atoms with Gasteiger partial charge in [0.05, 0.1) is 16.7 Å². The average molecular weight is 450 g/mol. The van der Waals surface area contributed by atoms with Gasteiger partial charge < -0.3 is 20.1 Å². The van der Waals surface area contributed by atoms with Gasteiger partial charge >= 0.3 is 0 Å². The monoisotopic (exact) mass is 449 g/mol. The van der Waals surface area contributed by atoms with Crippen molar-refractivity contribution in [2.75, 3.05) is 11.4 Å². The molecule has 164 valence electrons. The zero-order valence-electron chi connectivity index (χ0n) is 18.1. The van der Waals surface area contributed by atoms with Crippen molar-refractivity contribution in [3.8, 4) is 11.1 Å². The molecule has 4 aromatic rings. The third-order valence-corrected chi connectivity index (χ3v) is 6.21. The SMILES string of the molecule is C=CSN(C)c1cccc(-c2c(F)cc(C(N)=O)c3[nH]c4cc(C(C)(C)O)ccc4c23)c1. The van der Waals surface area contributed by atoms with E-state index in [-0.39, 0.29) is 5.56 Å². The molecule has 0 aliphatic rings. The molecule has 0 unspecified atom stereocenters. The van der Waals surface area contributed by atoms with Crippen LogP contribution < -0.4 is 10.0 Å². The number of aliphatic hydroxyl groups is 1. The Morgan fingerprint density at radius 1 is 1.25 bits per heavy atom. The van der Waals surface area contributed by atoms with Crippen molar-refractivity contribution < 1.29 is 14.3 Å². The molecule has 0 radical (unpaired) electrons. The third kappa shape index (κ3) is 3.74. The number of hydrogen-bond acceptors (Lipinski definition) is 4. The number of benzene rings is 3. The zero-order chi connectivity index (χ0) is 23.2. The molecule has 0 atom stereocenters. The molecule has 7 heteroatoms. The number of halogens is 1. The summed E-state index contributed by atoms with van der Waals surface area (Å²) in [6.07, 6.45) is 0. The van der Waals surface area contributed by atoms with Gasteiger partial charge in [0.15, 0.2) is 0 Å². The summed E-state index contributed by atoms with van der Waals surface area (Å²) in [5, 5.41) is 13.4. The van der Waals surface area contributed by atoms with E-state index < -0.39 is 17.3 Å². The topological polar surface area (TPSA) is 82.3 Å². The number of nitrogens with zero attached hydrogens (tertiary/aromatic N) is 1. The second-order valence-corrected chi connectivity index (χ2v) is 9.25.